The van der Waals surface area contributed by atoms with Crippen LogP contribution in [0.15, 0.2) is 18.2 Å². The molecule has 114 valence electrons. The second-order valence-corrected chi connectivity index (χ2v) is 6.76. The average molecular weight is 288 g/mol. The Bertz CT molecular complexity index is 541. The number of hydrogen-bond acceptors (Lipinski definition) is 2. The van der Waals surface area contributed by atoms with E-state index in [9.17, 15) is 9.90 Å². The van der Waals surface area contributed by atoms with E-state index in [0.717, 1.165) is 44.5 Å². The molecule has 1 aliphatic heterocycles. The van der Waals surface area contributed by atoms with E-state index >= 15 is 0 Å². The molecule has 0 amide bonds. The molecular weight excluding hydrogens is 264 g/mol. The molecular formula is C18H24O3. The molecule has 3 nitrogen and oxygen atoms in total. The molecule has 1 heterocycles. The summed E-state index contributed by atoms with van der Waals surface area (Å²) in [5.41, 5.74) is 2.71. The Morgan fingerprint density at radius 2 is 2.14 bits per heavy atom. The van der Waals surface area contributed by atoms with Gasteiger partial charge in [-0.05, 0) is 56.6 Å². The third-order valence-corrected chi connectivity index (χ3v) is 5.53. The summed E-state index contributed by atoms with van der Waals surface area (Å²) in [4.78, 5) is 11.4. The van der Waals surface area contributed by atoms with Crippen LogP contribution in [0.25, 0.3) is 0 Å². The highest BCUT2D eigenvalue weighted by atomic mass is 16.5. The van der Waals surface area contributed by atoms with Crippen LogP contribution in [0.2, 0.25) is 0 Å². The molecule has 21 heavy (non-hydrogen) atoms. The first kappa shape index (κ1) is 14.4. The van der Waals surface area contributed by atoms with Gasteiger partial charge in [0.1, 0.15) is 5.75 Å². The highest BCUT2D eigenvalue weighted by Crippen LogP contribution is 2.50. The summed E-state index contributed by atoms with van der Waals surface area (Å²) in [5, 5.41) is 9.35. The van der Waals surface area contributed by atoms with Crippen molar-refractivity contribution < 1.29 is 14.6 Å². The molecule has 1 fully saturated rings. The summed E-state index contributed by atoms with van der Waals surface area (Å²) in [6.07, 6.45) is 4.84. The largest absolute Gasteiger partial charge is 0.492 e. The number of hydrogen-bond donors (Lipinski definition) is 1. The predicted molar refractivity (Wildman–Crippen MR) is 81.7 cm³/mol. The lowest BCUT2D eigenvalue weighted by atomic mass is 9.65. The molecule has 0 aromatic heterocycles. The van der Waals surface area contributed by atoms with E-state index in [2.05, 4.69) is 25.1 Å². The number of fused-ring (bicyclic) bond motifs is 2. The molecule has 1 spiro atoms. The van der Waals surface area contributed by atoms with Gasteiger partial charge in [0.25, 0.3) is 0 Å². The van der Waals surface area contributed by atoms with Crippen molar-refractivity contribution in [3.63, 3.8) is 0 Å². The Labute approximate surface area is 126 Å². The first-order chi connectivity index (χ1) is 10.1. The Kier molecular flexibility index (Phi) is 3.68. The van der Waals surface area contributed by atoms with Crippen molar-refractivity contribution in [3.8, 4) is 5.75 Å². The molecule has 0 bridgehead atoms. The summed E-state index contributed by atoms with van der Waals surface area (Å²) < 4.78 is 5.93. The van der Waals surface area contributed by atoms with Crippen molar-refractivity contribution in [1.82, 2.24) is 0 Å². The van der Waals surface area contributed by atoms with Crippen LogP contribution in [0.5, 0.6) is 5.75 Å². The van der Waals surface area contributed by atoms with Crippen molar-refractivity contribution in [2.45, 2.75) is 51.4 Å². The van der Waals surface area contributed by atoms with E-state index in [4.69, 9.17) is 4.74 Å². The summed E-state index contributed by atoms with van der Waals surface area (Å²) in [6.45, 7) is 4.84. The first-order valence-corrected chi connectivity index (χ1v) is 8.02. The number of benzene rings is 1. The molecule has 1 aliphatic carbocycles. The van der Waals surface area contributed by atoms with Crippen LogP contribution >= 0.6 is 0 Å². The average Bonchev–Trinajstić information content (AvgIpc) is 2.80. The second kappa shape index (κ2) is 5.36. The lowest BCUT2D eigenvalue weighted by molar-refractivity contribution is -0.144. The zero-order valence-electron chi connectivity index (χ0n) is 12.9. The van der Waals surface area contributed by atoms with Gasteiger partial charge in [-0.25, -0.2) is 0 Å². The summed E-state index contributed by atoms with van der Waals surface area (Å²) in [7, 11) is 0. The van der Waals surface area contributed by atoms with Crippen molar-refractivity contribution in [2.75, 3.05) is 6.61 Å². The van der Waals surface area contributed by atoms with E-state index < -0.39 is 5.97 Å². The number of ether oxygens (including phenoxy) is 1. The van der Waals surface area contributed by atoms with Gasteiger partial charge in [-0.1, -0.05) is 19.1 Å². The van der Waals surface area contributed by atoms with E-state index in [1.807, 2.05) is 6.92 Å². The van der Waals surface area contributed by atoms with Gasteiger partial charge in [-0.15, -0.1) is 0 Å². The van der Waals surface area contributed by atoms with Crippen molar-refractivity contribution in [1.29, 1.82) is 0 Å². The van der Waals surface area contributed by atoms with E-state index in [1.54, 1.807) is 0 Å². The maximum atomic E-state index is 11.4. The number of rotatable bonds is 3. The number of carbonyl (C=O) groups is 1. The topological polar surface area (TPSA) is 46.5 Å². The van der Waals surface area contributed by atoms with E-state index in [-0.39, 0.29) is 11.3 Å². The van der Waals surface area contributed by atoms with Gasteiger partial charge in [-0.3, -0.25) is 4.79 Å². The van der Waals surface area contributed by atoms with Crippen molar-refractivity contribution >= 4 is 5.97 Å². The van der Waals surface area contributed by atoms with Crippen molar-refractivity contribution in [2.24, 2.45) is 11.8 Å². The quantitative estimate of drug-likeness (QED) is 0.916. The normalized spacial score (nSPS) is 29.0. The second-order valence-electron chi connectivity index (χ2n) is 6.76. The maximum Gasteiger partial charge on any atom is 0.306 e. The van der Waals surface area contributed by atoms with Gasteiger partial charge < -0.3 is 9.84 Å². The number of carboxylic acids is 1. The van der Waals surface area contributed by atoms with Gasteiger partial charge >= 0.3 is 5.97 Å². The zero-order chi connectivity index (χ0) is 15.0. The summed E-state index contributed by atoms with van der Waals surface area (Å²) >= 11 is 0. The maximum absolute atomic E-state index is 11.4. The summed E-state index contributed by atoms with van der Waals surface area (Å²) in [6, 6.07) is 6.50. The minimum absolute atomic E-state index is 0.135. The molecule has 1 atom stereocenters. The lowest BCUT2D eigenvalue weighted by Crippen LogP contribution is -2.36. The number of aryl methyl sites for hydroxylation is 1. The summed E-state index contributed by atoms with van der Waals surface area (Å²) in [5.74, 6) is 0.561. The monoisotopic (exact) mass is 288 g/mol. The molecule has 1 saturated carbocycles. The predicted octanol–water partition coefficient (Wildman–Crippen LogP) is 3.93. The fourth-order valence-corrected chi connectivity index (χ4v) is 4.20. The van der Waals surface area contributed by atoms with Gasteiger partial charge in [0.2, 0.25) is 0 Å². The molecule has 1 aromatic carbocycles. The molecule has 3 heteroatoms. The van der Waals surface area contributed by atoms with Crippen LogP contribution in [0.3, 0.4) is 0 Å². The van der Waals surface area contributed by atoms with Gasteiger partial charge in [0, 0.05) is 11.0 Å². The Morgan fingerprint density at radius 3 is 2.76 bits per heavy atom. The Hall–Kier alpha value is -1.51. The Morgan fingerprint density at radius 1 is 1.43 bits per heavy atom. The highest BCUT2D eigenvalue weighted by Gasteiger charge is 2.45. The number of aliphatic carboxylic acids is 1. The Balaban J connectivity index is 1.76. The fraction of sp³-hybridized carbons (Fsp3) is 0.611. The lowest BCUT2D eigenvalue weighted by Gasteiger charge is -2.38. The van der Waals surface area contributed by atoms with Crippen LogP contribution in [-0.2, 0) is 10.2 Å². The molecule has 0 radical (unpaired) electrons. The number of carboxylic acid groups (broad SMARTS) is 1. The molecule has 1 aromatic rings. The van der Waals surface area contributed by atoms with Crippen LogP contribution in [0.1, 0.15) is 50.2 Å². The zero-order valence-corrected chi connectivity index (χ0v) is 12.9. The third kappa shape index (κ3) is 2.43. The minimum atomic E-state index is -0.628. The molecule has 0 saturated heterocycles. The molecule has 3 rings (SSSR count). The standard InChI is InChI=1S/C18H24O3/c1-3-14(17(19)20)13-6-8-18(9-7-13)11-21-16-10-12(2)4-5-15(16)18/h4-5,10,13-14H,3,6-9,11H2,1-2H3,(H,19,20). The fourth-order valence-electron chi connectivity index (χ4n) is 4.20. The van der Waals surface area contributed by atoms with Gasteiger partial charge in [0.05, 0.1) is 12.5 Å². The third-order valence-electron chi connectivity index (χ3n) is 5.53. The minimum Gasteiger partial charge on any atom is -0.492 e. The first-order valence-electron chi connectivity index (χ1n) is 8.02. The van der Waals surface area contributed by atoms with E-state index in [1.165, 1.54) is 11.1 Å². The van der Waals surface area contributed by atoms with E-state index in [0.29, 0.717) is 5.92 Å². The van der Waals surface area contributed by atoms with Crippen LogP contribution in [-0.4, -0.2) is 17.7 Å². The SMILES string of the molecule is CCC(C(=O)O)C1CCC2(CC1)COc1cc(C)ccc12. The van der Waals surface area contributed by atoms with Crippen LogP contribution < -0.4 is 4.74 Å². The van der Waals surface area contributed by atoms with Gasteiger partial charge in [-0.2, -0.15) is 0 Å². The van der Waals surface area contributed by atoms with Crippen LogP contribution in [0.4, 0.5) is 0 Å². The molecule has 1 unspecified atom stereocenters. The van der Waals surface area contributed by atoms with Gasteiger partial charge in [0.15, 0.2) is 0 Å². The smallest absolute Gasteiger partial charge is 0.306 e. The van der Waals surface area contributed by atoms with Crippen LogP contribution in [0, 0.1) is 18.8 Å². The molecule has 2 aliphatic rings. The molecule has 1 N–H and O–H groups in total. The van der Waals surface area contributed by atoms with Crippen molar-refractivity contribution in [3.05, 3.63) is 29.3 Å². The highest BCUT2D eigenvalue weighted by molar-refractivity contribution is 5.70.